The second kappa shape index (κ2) is 5.82. The first-order valence-corrected chi connectivity index (χ1v) is 5.48. The topological polar surface area (TPSA) is 66.5 Å². The molecule has 0 unspecified atom stereocenters. The molecule has 0 bridgehead atoms. The van der Waals surface area contributed by atoms with E-state index in [0.717, 1.165) is 25.0 Å². The first-order valence-electron chi connectivity index (χ1n) is 5.48. The van der Waals surface area contributed by atoms with Crippen molar-refractivity contribution in [2.75, 3.05) is 0 Å². The molecule has 0 amide bonds. The highest BCUT2D eigenvalue weighted by atomic mass is 19.1. The number of aliphatic hydroxyl groups is 1. The maximum Gasteiger partial charge on any atom is 0.123 e. The van der Waals surface area contributed by atoms with Gasteiger partial charge in [-0.05, 0) is 24.6 Å². The number of aromatic hydroxyl groups is 1. The standard InChI is InChI=1S/C12H18FNO2/c1-2-3-4-11(16)12(14)9-7-8(13)5-6-10(9)15/h5-7,11-12,15-16H,2-4,14H2,1H3/t11-,12+/m1/s1. The van der Waals surface area contributed by atoms with Crippen LogP contribution in [0.1, 0.15) is 37.8 Å². The molecule has 4 N–H and O–H groups in total. The van der Waals surface area contributed by atoms with Crippen molar-refractivity contribution < 1.29 is 14.6 Å². The first-order chi connectivity index (χ1) is 7.56. The van der Waals surface area contributed by atoms with Crippen LogP contribution in [0.2, 0.25) is 0 Å². The van der Waals surface area contributed by atoms with E-state index < -0.39 is 18.0 Å². The predicted octanol–water partition coefficient (Wildman–Crippen LogP) is 2.08. The van der Waals surface area contributed by atoms with E-state index in [1.54, 1.807) is 0 Å². The molecule has 1 aromatic rings. The number of hydrogen-bond donors (Lipinski definition) is 3. The van der Waals surface area contributed by atoms with Crippen LogP contribution in [0.4, 0.5) is 4.39 Å². The van der Waals surface area contributed by atoms with Gasteiger partial charge in [-0.15, -0.1) is 0 Å². The zero-order valence-corrected chi connectivity index (χ0v) is 9.36. The molecule has 90 valence electrons. The summed E-state index contributed by atoms with van der Waals surface area (Å²) in [5.74, 6) is -0.546. The quantitative estimate of drug-likeness (QED) is 0.721. The van der Waals surface area contributed by atoms with Crippen LogP contribution >= 0.6 is 0 Å². The number of unbranched alkanes of at least 4 members (excludes halogenated alkanes) is 1. The van der Waals surface area contributed by atoms with Gasteiger partial charge in [0.05, 0.1) is 12.1 Å². The molecule has 2 atom stereocenters. The highest BCUT2D eigenvalue weighted by Gasteiger charge is 2.19. The summed E-state index contributed by atoms with van der Waals surface area (Å²) in [6, 6.07) is 2.82. The van der Waals surface area contributed by atoms with Gasteiger partial charge in [0.15, 0.2) is 0 Å². The van der Waals surface area contributed by atoms with Crippen molar-refractivity contribution in [1.82, 2.24) is 0 Å². The number of benzene rings is 1. The molecular formula is C12H18FNO2. The van der Waals surface area contributed by atoms with Crippen LogP contribution in [0, 0.1) is 5.82 Å². The second-order valence-electron chi connectivity index (χ2n) is 3.94. The van der Waals surface area contributed by atoms with Gasteiger partial charge in [0.25, 0.3) is 0 Å². The molecular weight excluding hydrogens is 209 g/mol. The van der Waals surface area contributed by atoms with E-state index in [2.05, 4.69) is 0 Å². The van der Waals surface area contributed by atoms with Crippen LogP contribution in [-0.2, 0) is 0 Å². The normalized spacial score (nSPS) is 14.8. The van der Waals surface area contributed by atoms with Crippen LogP contribution < -0.4 is 5.73 Å². The molecule has 0 fully saturated rings. The molecule has 3 nitrogen and oxygen atoms in total. The number of phenolic OH excluding ortho intramolecular Hbond substituents is 1. The molecule has 0 radical (unpaired) electrons. The minimum Gasteiger partial charge on any atom is -0.508 e. The molecule has 0 spiro atoms. The third kappa shape index (κ3) is 3.18. The minimum absolute atomic E-state index is 0.0792. The molecule has 4 heteroatoms. The van der Waals surface area contributed by atoms with Crippen molar-refractivity contribution >= 4 is 0 Å². The molecule has 0 aliphatic carbocycles. The van der Waals surface area contributed by atoms with Gasteiger partial charge in [-0.25, -0.2) is 4.39 Å². The third-order valence-electron chi connectivity index (χ3n) is 2.62. The van der Waals surface area contributed by atoms with Crippen LogP contribution in [-0.4, -0.2) is 16.3 Å². The summed E-state index contributed by atoms with van der Waals surface area (Å²) in [4.78, 5) is 0. The summed E-state index contributed by atoms with van der Waals surface area (Å²) in [6.07, 6.45) is 1.60. The maximum atomic E-state index is 13.0. The minimum atomic E-state index is -0.757. The number of rotatable bonds is 5. The Kier molecular flexibility index (Phi) is 4.71. The Morgan fingerprint density at radius 3 is 2.75 bits per heavy atom. The Bertz CT molecular complexity index is 344. The summed E-state index contributed by atoms with van der Waals surface area (Å²) in [5.41, 5.74) is 6.03. The number of aliphatic hydroxyl groups excluding tert-OH is 1. The van der Waals surface area contributed by atoms with Crippen LogP contribution in [0.3, 0.4) is 0 Å². The molecule has 0 saturated carbocycles. The number of halogens is 1. The SMILES string of the molecule is CCCC[C@@H](O)[C@@H](N)c1cc(F)ccc1O. The van der Waals surface area contributed by atoms with Gasteiger partial charge in [-0.3, -0.25) is 0 Å². The van der Waals surface area contributed by atoms with Crippen molar-refractivity contribution in [3.63, 3.8) is 0 Å². The fourth-order valence-electron chi connectivity index (χ4n) is 1.59. The lowest BCUT2D eigenvalue weighted by Gasteiger charge is -2.19. The average molecular weight is 227 g/mol. The van der Waals surface area contributed by atoms with E-state index in [4.69, 9.17) is 5.73 Å². The monoisotopic (exact) mass is 227 g/mol. The molecule has 16 heavy (non-hydrogen) atoms. The third-order valence-corrected chi connectivity index (χ3v) is 2.62. The van der Waals surface area contributed by atoms with Crippen LogP contribution in [0.5, 0.6) is 5.75 Å². The number of phenols is 1. The van der Waals surface area contributed by atoms with Crippen molar-refractivity contribution in [1.29, 1.82) is 0 Å². The summed E-state index contributed by atoms with van der Waals surface area (Å²) < 4.78 is 13.0. The smallest absolute Gasteiger partial charge is 0.123 e. The van der Waals surface area contributed by atoms with Gasteiger partial charge in [0.1, 0.15) is 11.6 Å². The first kappa shape index (κ1) is 12.9. The van der Waals surface area contributed by atoms with E-state index in [-0.39, 0.29) is 11.3 Å². The lowest BCUT2D eigenvalue weighted by Crippen LogP contribution is -2.26. The van der Waals surface area contributed by atoms with Crippen molar-refractivity contribution in [2.45, 2.75) is 38.3 Å². The molecule has 1 aromatic carbocycles. The second-order valence-corrected chi connectivity index (χ2v) is 3.94. The molecule has 0 heterocycles. The van der Waals surface area contributed by atoms with E-state index in [0.29, 0.717) is 6.42 Å². The van der Waals surface area contributed by atoms with Crippen molar-refractivity contribution in [3.05, 3.63) is 29.6 Å². The summed E-state index contributed by atoms with van der Waals surface area (Å²) in [6.45, 7) is 2.01. The largest absolute Gasteiger partial charge is 0.508 e. The molecule has 1 rings (SSSR count). The van der Waals surface area contributed by atoms with Gasteiger partial charge in [-0.1, -0.05) is 19.8 Å². The van der Waals surface area contributed by atoms with Crippen molar-refractivity contribution in [3.8, 4) is 5.75 Å². The molecule has 0 aliphatic heterocycles. The van der Waals surface area contributed by atoms with Crippen LogP contribution in [0.15, 0.2) is 18.2 Å². The predicted molar refractivity (Wildman–Crippen MR) is 60.5 cm³/mol. The van der Waals surface area contributed by atoms with Crippen LogP contribution in [0.25, 0.3) is 0 Å². The maximum absolute atomic E-state index is 13.0. The summed E-state index contributed by atoms with van der Waals surface area (Å²) >= 11 is 0. The summed E-state index contributed by atoms with van der Waals surface area (Å²) in [5, 5.41) is 19.3. The Morgan fingerprint density at radius 2 is 2.12 bits per heavy atom. The van der Waals surface area contributed by atoms with E-state index in [9.17, 15) is 14.6 Å². The van der Waals surface area contributed by atoms with Gasteiger partial charge < -0.3 is 15.9 Å². The van der Waals surface area contributed by atoms with E-state index in [1.807, 2.05) is 6.92 Å². The zero-order chi connectivity index (χ0) is 12.1. The molecule has 0 aliphatic rings. The number of hydrogen-bond acceptors (Lipinski definition) is 3. The number of nitrogens with two attached hydrogens (primary N) is 1. The Labute approximate surface area is 94.7 Å². The van der Waals surface area contributed by atoms with E-state index in [1.165, 1.54) is 6.07 Å². The van der Waals surface area contributed by atoms with Gasteiger partial charge in [-0.2, -0.15) is 0 Å². The molecule has 0 aromatic heterocycles. The highest BCUT2D eigenvalue weighted by molar-refractivity contribution is 5.35. The zero-order valence-electron chi connectivity index (χ0n) is 9.36. The Balaban J connectivity index is 2.78. The highest BCUT2D eigenvalue weighted by Crippen LogP contribution is 2.27. The average Bonchev–Trinajstić information content (AvgIpc) is 2.28. The Morgan fingerprint density at radius 1 is 1.44 bits per heavy atom. The lowest BCUT2D eigenvalue weighted by atomic mass is 9.97. The lowest BCUT2D eigenvalue weighted by molar-refractivity contribution is 0.131. The van der Waals surface area contributed by atoms with Gasteiger partial charge >= 0.3 is 0 Å². The fraction of sp³-hybridized carbons (Fsp3) is 0.500. The van der Waals surface area contributed by atoms with Crippen molar-refractivity contribution in [2.24, 2.45) is 5.73 Å². The van der Waals surface area contributed by atoms with Gasteiger partial charge in [0.2, 0.25) is 0 Å². The fourth-order valence-corrected chi connectivity index (χ4v) is 1.59. The van der Waals surface area contributed by atoms with E-state index >= 15 is 0 Å². The van der Waals surface area contributed by atoms with Gasteiger partial charge in [0, 0.05) is 5.56 Å². The molecule has 0 saturated heterocycles. The summed E-state index contributed by atoms with van der Waals surface area (Å²) in [7, 11) is 0. The Hall–Kier alpha value is -1.13.